The summed E-state index contributed by atoms with van der Waals surface area (Å²) in [4.78, 5) is 12.0. The molecule has 5 N–H and O–H groups in total. The van der Waals surface area contributed by atoms with Gasteiger partial charge in [0.1, 0.15) is 5.75 Å². The first-order valence-corrected chi connectivity index (χ1v) is 7.81. The minimum absolute atomic E-state index is 0.0310. The average molecular weight is 357 g/mol. The Labute approximate surface area is 132 Å². The summed E-state index contributed by atoms with van der Waals surface area (Å²) < 4.78 is 6.74. The highest BCUT2D eigenvalue weighted by molar-refractivity contribution is 9.10. The molecular weight excluding hydrogens is 336 g/mol. The van der Waals surface area contributed by atoms with Crippen molar-refractivity contribution in [2.75, 3.05) is 6.61 Å². The Bertz CT molecular complexity index is 512. The van der Waals surface area contributed by atoms with Gasteiger partial charge in [-0.05, 0) is 31.5 Å². The highest BCUT2D eigenvalue weighted by atomic mass is 79.9. The molecular formula is C14H21BrN4O2. The third-order valence-electron chi connectivity index (χ3n) is 3.58. The van der Waals surface area contributed by atoms with Crippen molar-refractivity contribution in [2.24, 2.45) is 11.8 Å². The fourth-order valence-electron chi connectivity index (χ4n) is 2.54. The quantitative estimate of drug-likeness (QED) is 0.363. The summed E-state index contributed by atoms with van der Waals surface area (Å²) >= 11 is 3.47. The molecule has 21 heavy (non-hydrogen) atoms. The van der Waals surface area contributed by atoms with Gasteiger partial charge in [-0.15, -0.1) is 0 Å². The zero-order chi connectivity index (χ0) is 15.4. The van der Waals surface area contributed by atoms with E-state index >= 15 is 0 Å². The number of halogens is 1. The molecule has 0 aliphatic carbocycles. The van der Waals surface area contributed by atoms with Crippen molar-refractivity contribution >= 4 is 21.8 Å². The Morgan fingerprint density at radius 3 is 2.90 bits per heavy atom. The van der Waals surface area contributed by atoms with Crippen LogP contribution in [0.2, 0.25) is 0 Å². The Balaban J connectivity index is 2.34. The number of nitrogens with one attached hydrogen (secondary N) is 3. The van der Waals surface area contributed by atoms with Gasteiger partial charge in [0.25, 0.3) is 0 Å². The number of carbonyl (C=O) groups is 1. The molecule has 7 heteroatoms. The number of hydrogen-bond acceptors (Lipinski definition) is 5. The number of nitrogens with two attached hydrogens (primary N) is 1. The van der Waals surface area contributed by atoms with Crippen LogP contribution in [0.25, 0.3) is 0 Å². The van der Waals surface area contributed by atoms with Gasteiger partial charge in [0.05, 0.1) is 18.6 Å². The lowest BCUT2D eigenvalue weighted by Gasteiger charge is -2.22. The van der Waals surface area contributed by atoms with Crippen LogP contribution in [-0.2, 0) is 4.79 Å². The van der Waals surface area contributed by atoms with E-state index in [4.69, 9.17) is 10.6 Å². The van der Waals surface area contributed by atoms with Gasteiger partial charge in [0.15, 0.2) is 0 Å². The first-order chi connectivity index (χ1) is 10.1. The van der Waals surface area contributed by atoms with E-state index in [0.29, 0.717) is 6.61 Å². The second-order valence-electron chi connectivity index (χ2n) is 5.12. The van der Waals surface area contributed by atoms with Crippen molar-refractivity contribution < 1.29 is 9.53 Å². The van der Waals surface area contributed by atoms with E-state index in [0.717, 1.165) is 22.2 Å². The summed E-state index contributed by atoms with van der Waals surface area (Å²) in [7, 11) is 0. The van der Waals surface area contributed by atoms with Crippen molar-refractivity contribution in [1.82, 2.24) is 16.3 Å². The van der Waals surface area contributed by atoms with Gasteiger partial charge in [-0.2, -0.15) is 0 Å². The van der Waals surface area contributed by atoms with Crippen LogP contribution in [0.15, 0.2) is 22.7 Å². The molecule has 1 aromatic carbocycles. The Morgan fingerprint density at radius 1 is 1.48 bits per heavy atom. The van der Waals surface area contributed by atoms with Crippen molar-refractivity contribution in [1.29, 1.82) is 0 Å². The molecule has 1 saturated heterocycles. The molecule has 2 rings (SSSR count). The number of hydrazine groups is 2. The van der Waals surface area contributed by atoms with Gasteiger partial charge in [0.2, 0.25) is 5.91 Å². The van der Waals surface area contributed by atoms with Crippen molar-refractivity contribution in [2.45, 2.75) is 32.4 Å². The van der Waals surface area contributed by atoms with Crippen LogP contribution in [0.5, 0.6) is 5.75 Å². The van der Waals surface area contributed by atoms with Crippen LogP contribution in [0, 0.1) is 5.92 Å². The predicted molar refractivity (Wildman–Crippen MR) is 84.2 cm³/mol. The van der Waals surface area contributed by atoms with E-state index in [-0.39, 0.29) is 23.9 Å². The van der Waals surface area contributed by atoms with Crippen LogP contribution in [0.3, 0.4) is 0 Å². The lowest BCUT2D eigenvalue weighted by atomic mass is 9.89. The van der Waals surface area contributed by atoms with E-state index in [1.54, 1.807) is 0 Å². The van der Waals surface area contributed by atoms with Crippen LogP contribution in [0.1, 0.15) is 31.9 Å². The summed E-state index contributed by atoms with van der Waals surface area (Å²) in [5.41, 5.74) is 9.44. The van der Waals surface area contributed by atoms with Crippen molar-refractivity contribution in [3.63, 3.8) is 0 Å². The Morgan fingerprint density at radius 2 is 2.24 bits per heavy atom. The third kappa shape index (κ3) is 3.55. The highest BCUT2D eigenvalue weighted by Gasteiger charge is 2.40. The molecule has 1 heterocycles. The first-order valence-electron chi connectivity index (χ1n) is 7.02. The molecule has 0 aromatic heterocycles. The van der Waals surface area contributed by atoms with E-state index in [9.17, 15) is 4.79 Å². The summed E-state index contributed by atoms with van der Waals surface area (Å²) in [6.07, 6.45) is 0.926. The zero-order valence-corrected chi connectivity index (χ0v) is 13.7. The van der Waals surface area contributed by atoms with E-state index < -0.39 is 0 Å². The predicted octanol–water partition coefficient (Wildman–Crippen LogP) is 1.38. The number of carbonyl (C=O) groups excluding carboxylic acids is 1. The number of benzene rings is 1. The second-order valence-corrected chi connectivity index (χ2v) is 6.04. The molecule has 0 radical (unpaired) electrons. The Hall–Kier alpha value is -1.15. The zero-order valence-electron chi connectivity index (χ0n) is 12.2. The highest BCUT2D eigenvalue weighted by Crippen LogP contribution is 2.36. The number of ether oxygens (including phenoxy) is 1. The normalized spacial score (nSPS) is 24.9. The standard InChI is InChI=1S/C14H21BrN4O2/c1-3-6-21-11-5-4-9(15)7-10(11)13-12(14(20)17-16)8(2)18-19-13/h4-5,7-8,12-13,18-19H,3,6,16H2,1-2H3,(H,17,20). The third-order valence-corrected chi connectivity index (χ3v) is 4.07. The molecule has 6 nitrogen and oxygen atoms in total. The summed E-state index contributed by atoms with van der Waals surface area (Å²) in [6, 6.07) is 5.58. The molecule has 0 spiro atoms. The second kappa shape index (κ2) is 7.22. The number of amides is 1. The first kappa shape index (κ1) is 16.2. The molecule has 1 aromatic rings. The number of hydrogen-bond donors (Lipinski definition) is 4. The smallest absolute Gasteiger partial charge is 0.240 e. The lowest BCUT2D eigenvalue weighted by Crippen LogP contribution is -2.41. The van der Waals surface area contributed by atoms with Crippen molar-refractivity contribution in [3.8, 4) is 5.75 Å². The lowest BCUT2D eigenvalue weighted by molar-refractivity contribution is -0.125. The topological polar surface area (TPSA) is 88.4 Å². The molecule has 0 saturated carbocycles. The number of rotatable bonds is 5. The van der Waals surface area contributed by atoms with Crippen LogP contribution >= 0.6 is 15.9 Å². The van der Waals surface area contributed by atoms with Gasteiger partial charge < -0.3 is 4.74 Å². The fourth-order valence-corrected chi connectivity index (χ4v) is 2.92. The molecule has 3 unspecified atom stereocenters. The fraction of sp³-hybridized carbons (Fsp3) is 0.500. The average Bonchev–Trinajstić information content (AvgIpc) is 2.86. The Kier molecular flexibility index (Phi) is 5.58. The van der Waals surface area contributed by atoms with Gasteiger partial charge in [-0.1, -0.05) is 22.9 Å². The SMILES string of the molecule is CCCOc1ccc(Br)cc1C1NNC(C)C1C(=O)NN. The van der Waals surface area contributed by atoms with Crippen LogP contribution in [0.4, 0.5) is 0 Å². The summed E-state index contributed by atoms with van der Waals surface area (Å²) in [6.45, 7) is 4.64. The van der Waals surface area contributed by atoms with E-state index in [1.807, 2.05) is 25.1 Å². The van der Waals surface area contributed by atoms with Gasteiger partial charge in [0, 0.05) is 16.1 Å². The maximum atomic E-state index is 12.0. The maximum absolute atomic E-state index is 12.0. The molecule has 1 aliphatic rings. The van der Waals surface area contributed by atoms with Gasteiger partial charge >= 0.3 is 0 Å². The maximum Gasteiger partial charge on any atom is 0.240 e. The monoisotopic (exact) mass is 356 g/mol. The molecule has 0 bridgehead atoms. The van der Waals surface area contributed by atoms with Crippen LogP contribution in [-0.4, -0.2) is 18.6 Å². The molecule has 116 valence electrons. The minimum atomic E-state index is -0.312. The summed E-state index contributed by atoms with van der Waals surface area (Å²) in [5.74, 6) is 5.57. The largest absolute Gasteiger partial charge is 0.493 e. The summed E-state index contributed by atoms with van der Waals surface area (Å²) in [5, 5.41) is 0. The van der Waals surface area contributed by atoms with Gasteiger partial charge in [-0.25, -0.2) is 11.3 Å². The molecule has 3 atom stereocenters. The van der Waals surface area contributed by atoms with E-state index in [1.165, 1.54) is 0 Å². The molecule has 1 amide bonds. The van der Waals surface area contributed by atoms with Crippen LogP contribution < -0.4 is 26.9 Å². The van der Waals surface area contributed by atoms with E-state index in [2.05, 4.69) is 39.1 Å². The molecule has 1 aliphatic heterocycles. The van der Waals surface area contributed by atoms with Gasteiger partial charge in [-0.3, -0.25) is 15.6 Å². The molecule has 1 fully saturated rings. The minimum Gasteiger partial charge on any atom is -0.493 e. The van der Waals surface area contributed by atoms with Crippen molar-refractivity contribution in [3.05, 3.63) is 28.2 Å².